The first kappa shape index (κ1) is 31.8. The number of nitrogens with one attached hydrogen (secondary N) is 1. The number of nitrogens with zero attached hydrogens (tertiary/aromatic N) is 1. The molecule has 2 rings (SSSR count). The molecule has 2 N–H and O–H groups in total. The molecule has 0 saturated carbocycles. The number of para-hydroxylation sites is 1. The number of urea groups is 1. The lowest BCUT2D eigenvalue weighted by Gasteiger charge is -2.24. The van der Waals surface area contributed by atoms with Crippen LogP contribution in [0.25, 0.3) is 0 Å². The van der Waals surface area contributed by atoms with Crippen LogP contribution in [0.5, 0.6) is 5.75 Å². The zero-order chi connectivity index (χ0) is 29.1. The number of rotatable bonds is 15. The lowest BCUT2D eigenvalue weighted by atomic mass is 10.1. The van der Waals surface area contributed by atoms with Crippen molar-refractivity contribution < 1.29 is 50.9 Å². The Bertz CT molecular complexity index is 1060. The highest BCUT2D eigenvalue weighted by Gasteiger charge is 2.34. The van der Waals surface area contributed by atoms with Crippen LogP contribution in [0.1, 0.15) is 25.0 Å². The van der Waals surface area contributed by atoms with Crippen LogP contribution in [0.4, 0.5) is 32.4 Å². The third-order valence-corrected chi connectivity index (χ3v) is 5.24. The molecule has 0 aromatic heterocycles. The van der Waals surface area contributed by atoms with Gasteiger partial charge in [-0.05, 0) is 36.8 Å². The van der Waals surface area contributed by atoms with E-state index < -0.39 is 48.1 Å². The standard InChI is InChI=1S/C26H31F5N2O6/c1-3-38-22(23(34)35)16-18-8-10-19(11-9-18)39-15-13-33(12-14-37-17-25(2,27)28)24(36)32-21-7-5-4-6-20(21)26(29,30)31/h4-11,22H,3,12-17H2,1-2H3,(H,32,36)(H,34,35). The van der Waals surface area contributed by atoms with Crippen molar-refractivity contribution in [3.63, 3.8) is 0 Å². The number of hydrogen-bond acceptors (Lipinski definition) is 5. The highest BCUT2D eigenvalue weighted by Crippen LogP contribution is 2.34. The third-order valence-electron chi connectivity index (χ3n) is 5.24. The van der Waals surface area contributed by atoms with Gasteiger partial charge in [-0.25, -0.2) is 18.4 Å². The Hall–Kier alpha value is -3.45. The number of halogens is 5. The molecule has 0 aliphatic heterocycles. The van der Waals surface area contributed by atoms with Gasteiger partial charge in [-0.2, -0.15) is 13.2 Å². The van der Waals surface area contributed by atoms with Gasteiger partial charge in [-0.1, -0.05) is 24.3 Å². The van der Waals surface area contributed by atoms with E-state index in [2.05, 4.69) is 5.32 Å². The Balaban J connectivity index is 2.02. The van der Waals surface area contributed by atoms with Crippen molar-refractivity contribution in [2.45, 2.75) is 38.5 Å². The van der Waals surface area contributed by atoms with Crippen LogP contribution in [0.3, 0.4) is 0 Å². The molecule has 0 spiro atoms. The lowest BCUT2D eigenvalue weighted by Crippen LogP contribution is -2.40. The Morgan fingerprint density at radius 3 is 2.23 bits per heavy atom. The molecule has 13 heteroatoms. The van der Waals surface area contributed by atoms with Crippen molar-refractivity contribution in [3.8, 4) is 5.75 Å². The Labute approximate surface area is 222 Å². The van der Waals surface area contributed by atoms with Crippen LogP contribution in [0.2, 0.25) is 0 Å². The fourth-order valence-electron chi connectivity index (χ4n) is 3.40. The van der Waals surface area contributed by atoms with E-state index in [1.807, 2.05) is 0 Å². The Morgan fingerprint density at radius 2 is 1.64 bits per heavy atom. The number of anilines is 1. The number of amides is 2. The molecule has 1 atom stereocenters. The number of carbonyl (C=O) groups is 2. The molecule has 0 heterocycles. The smallest absolute Gasteiger partial charge is 0.418 e. The van der Waals surface area contributed by atoms with Crippen LogP contribution in [-0.4, -0.2) is 73.6 Å². The molecule has 216 valence electrons. The maximum absolute atomic E-state index is 13.3. The predicted molar refractivity (Wildman–Crippen MR) is 132 cm³/mol. The summed E-state index contributed by atoms with van der Waals surface area (Å²) in [6.07, 6.45) is -5.55. The van der Waals surface area contributed by atoms with Gasteiger partial charge < -0.3 is 29.5 Å². The summed E-state index contributed by atoms with van der Waals surface area (Å²) >= 11 is 0. The summed E-state index contributed by atoms with van der Waals surface area (Å²) in [5.41, 5.74) is -0.798. The number of carboxylic acid groups (broad SMARTS) is 1. The summed E-state index contributed by atoms with van der Waals surface area (Å²) in [5.74, 6) is -3.77. The van der Waals surface area contributed by atoms with Crippen LogP contribution in [0, 0.1) is 0 Å². The van der Waals surface area contributed by atoms with Gasteiger partial charge in [0.1, 0.15) is 19.0 Å². The van der Waals surface area contributed by atoms with E-state index in [4.69, 9.17) is 14.2 Å². The van der Waals surface area contributed by atoms with Crippen LogP contribution in [-0.2, 0) is 26.9 Å². The molecular formula is C26H31F5N2O6. The molecule has 2 amide bonds. The zero-order valence-electron chi connectivity index (χ0n) is 21.5. The van der Waals surface area contributed by atoms with Gasteiger partial charge >= 0.3 is 18.2 Å². The van der Waals surface area contributed by atoms with Crippen molar-refractivity contribution in [2.75, 3.05) is 44.8 Å². The summed E-state index contributed by atoms with van der Waals surface area (Å²) in [6.45, 7) is 1.08. The van der Waals surface area contributed by atoms with Gasteiger partial charge in [0, 0.05) is 26.5 Å². The van der Waals surface area contributed by atoms with Gasteiger partial charge in [0.25, 0.3) is 5.92 Å². The number of ether oxygens (including phenoxy) is 3. The number of carbonyl (C=O) groups excluding carboxylic acids is 1. The average molecular weight is 563 g/mol. The molecule has 39 heavy (non-hydrogen) atoms. The van der Waals surface area contributed by atoms with E-state index in [0.717, 1.165) is 17.0 Å². The average Bonchev–Trinajstić information content (AvgIpc) is 2.85. The Kier molecular flexibility index (Phi) is 11.9. The fourth-order valence-corrected chi connectivity index (χ4v) is 3.40. The molecule has 2 aromatic carbocycles. The number of carboxylic acids is 1. The molecular weight excluding hydrogens is 531 g/mol. The summed E-state index contributed by atoms with van der Waals surface area (Å²) in [6, 6.07) is 10.1. The van der Waals surface area contributed by atoms with E-state index in [-0.39, 0.29) is 39.3 Å². The largest absolute Gasteiger partial charge is 0.492 e. The molecule has 0 fully saturated rings. The molecule has 0 aliphatic carbocycles. The highest BCUT2D eigenvalue weighted by atomic mass is 19.4. The Morgan fingerprint density at radius 1 is 1.00 bits per heavy atom. The molecule has 0 aliphatic rings. The summed E-state index contributed by atoms with van der Waals surface area (Å²) in [4.78, 5) is 25.2. The second kappa shape index (κ2) is 14.6. The third kappa shape index (κ3) is 11.4. The minimum absolute atomic E-state index is 0.0751. The minimum atomic E-state index is -4.70. The zero-order valence-corrected chi connectivity index (χ0v) is 21.5. The molecule has 0 saturated heterocycles. The van der Waals surface area contributed by atoms with E-state index in [9.17, 15) is 36.6 Å². The first-order valence-electron chi connectivity index (χ1n) is 12.0. The van der Waals surface area contributed by atoms with Crippen molar-refractivity contribution >= 4 is 17.7 Å². The fraction of sp³-hybridized carbons (Fsp3) is 0.462. The van der Waals surface area contributed by atoms with Crippen LogP contribution < -0.4 is 10.1 Å². The van der Waals surface area contributed by atoms with Crippen LogP contribution in [0.15, 0.2) is 48.5 Å². The van der Waals surface area contributed by atoms with Gasteiger partial charge in [-0.3, -0.25) is 0 Å². The molecule has 8 nitrogen and oxygen atoms in total. The van der Waals surface area contributed by atoms with Gasteiger partial charge in [0.2, 0.25) is 0 Å². The minimum Gasteiger partial charge on any atom is -0.492 e. The first-order chi connectivity index (χ1) is 18.3. The second-order valence-corrected chi connectivity index (χ2v) is 8.56. The van der Waals surface area contributed by atoms with Crippen molar-refractivity contribution in [1.29, 1.82) is 0 Å². The first-order valence-corrected chi connectivity index (χ1v) is 12.0. The molecule has 0 radical (unpaired) electrons. The van der Waals surface area contributed by atoms with Crippen molar-refractivity contribution in [2.24, 2.45) is 0 Å². The highest BCUT2D eigenvalue weighted by molar-refractivity contribution is 5.90. The van der Waals surface area contributed by atoms with Crippen molar-refractivity contribution in [1.82, 2.24) is 4.90 Å². The summed E-state index contributed by atoms with van der Waals surface area (Å²) in [7, 11) is 0. The monoisotopic (exact) mass is 562 g/mol. The van der Waals surface area contributed by atoms with Crippen molar-refractivity contribution in [3.05, 3.63) is 59.7 Å². The van der Waals surface area contributed by atoms with Gasteiger partial charge in [0.15, 0.2) is 6.10 Å². The molecule has 1 unspecified atom stereocenters. The van der Waals surface area contributed by atoms with E-state index in [1.54, 1.807) is 31.2 Å². The molecule has 0 bridgehead atoms. The normalized spacial score (nSPS) is 12.6. The van der Waals surface area contributed by atoms with E-state index in [1.165, 1.54) is 12.1 Å². The maximum Gasteiger partial charge on any atom is 0.418 e. The maximum atomic E-state index is 13.3. The number of hydrogen-bond donors (Lipinski definition) is 2. The number of benzene rings is 2. The molecule has 2 aromatic rings. The topological polar surface area (TPSA) is 97.3 Å². The lowest BCUT2D eigenvalue weighted by molar-refractivity contribution is -0.150. The van der Waals surface area contributed by atoms with E-state index >= 15 is 0 Å². The second-order valence-electron chi connectivity index (χ2n) is 8.56. The quantitative estimate of drug-likeness (QED) is 0.225. The number of alkyl halides is 5. The predicted octanol–water partition coefficient (Wildman–Crippen LogP) is 5.32. The van der Waals surface area contributed by atoms with E-state index in [0.29, 0.717) is 18.2 Å². The van der Waals surface area contributed by atoms with Gasteiger partial charge in [0.05, 0.1) is 24.4 Å². The van der Waals surface area contributed by atoms with Crippen LogP contribution >= 0.6 is 0 Å². The number of aliphatic carboxylic acids is 1. The van der Waals surface area contributed by atoms with Gasteiger partial charge in [-0.15, -0.1) is 0 Å². The SMILES string of the molecule is CCOC(Cc1ccc(OCCN(CCOCC(C)(F)F)C(=O)Nc2ccccc2C(F)(F)F)cc1)C(=O)O. The summed E-state index contributed by atoms with van der Waals surface area (Å²) < 4.78 is 81.7. The summed E-state index contributed by atoms with van der Waals surface area (Å²) in [5, 5.41) is 11.4.